The van der Waals surface area contributed by atoms with Crippen molar-refractivity contribution >= 4 is 15.8 Å². The van der Waals surface area contributed by atoms with Gasteiger partial charge in [-0.3, -0.25) is 4.90 Å². The highest BCUT2D eigenvalue weighted by molar-refractivity contribution is 7.90. The number of benzene rings is 1. The Morgan fingerprint density at radius 3 is 2.23 bits per heavy atom. The van der Waals surface area contributed by atoms with Gasteiger partial charge in [-0.1, -0.05) is 31.2 Å². The summed E-state index contributed by atoms with van der Waals surface area (Å²) in [6.45, 7) is 14.3. The highest BCUT2D eigenvalue weighted by Crippen LogP contribution is 2.11. The molecule has 0 aromatic heterocycles. The highest BCUT2D eigenvalue weighted by Gasteiger charge is 2.15. The molecule has 1 aromatic rings. The molecular formula is C22H39N5O2S. The van der Waals surface area contributed by atoms with E-state index in [0.717, 1.165) is 57.3 Å². The van der Waals surface area contributed by atoms with E-state index in [-0.39, 0.29) is 11.8 Å². The lowest BCUT2D eigenvalue weighted by atomic mass is 10.1. The van der Waals surface area contributed by atoms with E-state index < -0.39 is 9.84 Å². The largest absolute Gasteiger partial charge is 0.357 e. The van der Waals surface area contributed by atoms with Gasteiger partial charge in [0.1, 0.15) is 9.84 Å². The van der Waals surface area contributed by atoms with Crippen LogP contribution in [-0.2, 0) is 22.9 Å². The van der Waals surface area contributed by atoms with Crippen LogP contribution in [0.5, 0.6) is 0 Å². The quantitative estimate of drug-likeness (QED) is 0.429. The fourth-order valence-corrected chi connectivity index (χ4v) is 4.24. The topological polar surface area (TPSA) is 77.0 Å². The predicted molar refractivity (Wildman–Crippen MR) is 126 cm³/mol. The summed E-state index contributed by atoms with van der Waals surface area (Å²) in [7, 11) is -2.95. The van der Waals surface area contributed by atoms with Crippen molar-refractivity contribution in [2.75, 3.05) is 51.3 Å². The van der Waals surface area contributed by atoms with Crippen molar-refractivity contribution in [1.29, 1.82) is 0 Å². The molecule has 2 N–H and O–H groups in total. The standard InChI is InChI=1S/C22H39N5O2S/c1-5-23-22(25-19(3)11-16-30(4,28)29)24-17-20-7-9-21(10-8-20)18-27-14-12-26(6-2)13-15-27/h7-10,19H,5-6,11-18H2,1-4H3,(H2,23,24,25). The van der Waals surface area contributed by atoms with Gasteiger partial charge in [0, 0.05) is 51.6 Å². The maximum absolute atomic E-state index is 11.4. The molecule has 0 aliphatic carbocycles. The molecule has 0 amide bonds. The minimum Gasteiger partial charge on any atom is -0.357 e. The van der Waals surface area contributed by atoms with Gasteiger partial charge in [0.25, 0.3) is 0 Å². The molecule has 1 aliphatic rings. The minimum absolute atomic E-state index is 0.0353. The lowest BCUT2D eigenvalue weighted by Crippen LogP contribution is -2.45. The summed E-state index contributed by atoms with van der Waals surface area (Å²) in [5.74, 6) is 0.895. The lowest BCUT2D eigenvalue weighted by molar-refractivity contribution is 0.132. The van der Waals surface area contributed by atoms with Crippen molar-refractivity contribution < 1.29 is 8.42 Å². The highest BCUT2D eigenvalue weighted by atomic mass is 32.2. The Labute approximate surface area is 182 Å². The fraction of sp³-hybridized carbons (Fsp3) is 0.682. The summed E-state index contributed by atoms with van der Waals surface area (Å²) >= 11 is 0. The van der Waals surface area contributed by atoms with Gasteiger partial charge in [-0.15, -0.1) is 0 Å². The molecule has 170 valence electrons. The van der Waals surface area contributed by atoms with E-state index in [1.165, 1.54) is 11.8 Å². The maximum Gasteiger partial charge on any atom is 0.191 e. The third kappa shape index (κ3) is 9.45. The molecule has 0 radical (unpaired) electrons. The van der Waals surface area contributed by atoms with Crippen LogP contribution in [0.1, 0.15) is 38.3 Å². The summed E-state index contributed by atoms with van der Waals surface area (Å²) in [6, 6.07) is 8.74. The van der Waals surface area contributed by atoms with E-state index in [1.54, 1.807) is 0 Å². The Bertz CT molecular complexity index is 756. The lowest BCUT2D eigenvalue weighted by Gasteiger charge is -2.34. The molecule has 8 heteroatoms. The number of guanidine groups is 1. The van der Waals surface area contributed by atoms with Gasteiger partial charge < -0.3 is 15.5 Å². The van der Waals surface area contributed by atoms with Crippen LogP contribution in [0.2, 0.25) is 0 Å². The molecule has 1 aromatic carbocycles. The van der Waals surface area contributed by atoms with Crippen LogP contribution in [0.25, 0.3) is 0 Å². The molecule has 1 saturated heterocycles. The number of sulfone groups is 1. The molecule has 1 unspecified atom stereocenters. The Hall–Kier alpha value is -1.64. The van der Waals surface area contributed by atoms with Crippen LogP contribution < -0.4 is 10.6 Å². The first kappa shape index (κ1) is 24.6. The Morgan fingerprint density at radius 1 is 1.07 bits per heavy atom. The number of nitrogens with one attached hydrogen (secondary N) is 2. The smallest absolute Gasteiger partial charge is 0.191 e. The van der Waals surface area contributed by atoms with E-state index in [2.05, 4.69) is 56.6 Å². The van der Waals surface area contributed by atoms with Crippen LogP contribution in [0.4, 0.5) is 0 Å². The van der Waals surface area contributed by atoms with Gasteiger partial charge in [0.2, 0.25) is 0 Å². The molecule has 2 rings (SSSR count). The molecule has 1 fully saturated rings. The van der Waals surface area contributed by atoms with E-state index in [1.807, 2.05) is 13.8 Å². The van der Waals surface area contributed by atoms with Gasteiger partial charge in [0.05, 0.1) is 12.3 Å². The summed E-state index contributed by atoms with van der Waals surface area (Å²) < 4.78 is 22.7. The van der Waals surface area contributed by atoms with Crippen molar-refractivity contribution in [1.82, 2.24) is 20.4 Å². The first-order chi connectivity index (χ1) is 14.3. The molecule has 0 bridgehead atoms. The first-order valence-corrected chi connectivity index (χ1v) is 13.1. The number of hydrogen-bond acceptors (Lipinski definition) is 5. The second-order valence-electron chi connectivity index (χ2n) is 8.19. The Morgan fingerprint density at radius 2 is 1.67 bits per heavy atom. The molecule has 0 spiro atoms. The van der Waals surface area contributed by atoms with Gasteiger partial charge in [0.15, 0.2) is 5.96 Å². The third-order valence-corrected chi connectivity index (χ3v) is 6.39. The van der Waals surface area contributed by atoms with Crippen molar-refractivity contribution in [3.8, 4) is 0 Å². The SMILES string of the molecule is CCNC(=NCc1ccc(CN2CCN(CC)CC2)cc1)NC(C)CCS(C)(=O)=O. The first-order valence-electron chi connectivity index (χ1n) is 11.0. The van der Waals surface area contributed by atoms with Crippen LogP contribution >= 0.6 is 0 Å². The van der Waals surface area contributed by atoms with Crippen molar-refractivity contribution in [3.05, 3.63) is 35.4 Å². The number of nitrogens with zero attached hydrogens (tertiary/aromatic N) is 3. The van der Waals surface area contributed by atoms with Gasteiger partial charge >= 0.3 is 0 Å². The maximum atomic E-state index is 11.4. The van der Waals surface area contributed by atoms with Crippen LogP contribution in [0.3, 0.4) is 0 Å². The summed E-state index contributed by atoms with van der Waals surface area (Å²) in [5, 5.41) is 6.53. The van der Waals surface area contributed by atoms with Crippen LogP contribution in [0, 0.1) is 0 Å². The van der Waals surface area contributed by atoms with E-state index in [4.69, 9.17) is 0 Å². The van der Waals surface area contributed by atoms with Gasteiger partial charge in [-0.2, -0.15) is 0 Å². The predicted octanol–water partition coefficient (Wildman–Crippen LogP) is 1.70. The summed E-state index contributed by atoms with van der Waals surface area (Å²) in [4.78, 5) is 9.67. The second kappa shape index (κ2) is 12.3. The second-order valence-corrected chi connectivity index (χ2v) is 10.4. The van der Waals surface area contributed by atoms with Gasteiger partial charge in [-0.25, -0.2) is 13.4 Å². The van der Waals surface area contributed by atoms with E-state index in [0.29, 0.717) is 13.0 Å². The normalized spacial score (nSPS) is 17.7. The number of hydrogen-bond donors (Lipinski definition) is 2. The van der Waals surface area contributed by atoms with Gasteiger partial charge in [-0.05, 0) is 37.9 Å². The average molecular weight is 438 g/mol. The molecule has 7 nitrogen and oxygen atoms in total. The zero-order valence-electron chi connectivity index (χ0n) is 19.0. The van der Waals surface area contributed by atoms with Crippen molar-refractivity contribution in [2.24, 2.45) is 4.99 Å². The Balaban J connectivity index is 1.85. The number of rotatable bonds is 10. The van der Waals surface area contributed by atoms with Crippen LogP contribution in [-0.4, -0.2) is 81.5 Å². The Kier molecular flexibility index (Phi) is 10.1. The zero-order valence-corrected chi connectivity index (χ0v) is 19.8. The average Bonchev–Trinajstić information content (AvgIpc) is 2.72. The third-order valence-electron chi connectivity index (χ3n) is 5.41. The monoisotopic (exact) mass is 437 g/mol. The molecular weight excluding hydrogens is 398 g/mol. The minimum atomic E-state index is -2.95. The zero-order chi connectivity index (χ0) is 22.0. The molecule has 1 aliphatic heterocycles. The molecule has 1 atom stereocenters. The number of piperazine rings is 1. The summed E-state index contributed by atoms with van der Waals surface area (Å²) in [5.41, 5.74) is 2.50. The van der Waals surface area contributed by atoms with Crippen molar-refractivity contribution in [3.63, 3.8) is 0 Å². The van der Waals surface area contributed by atoms with Crippen LogP contribution in [0.15, 0.2) is 29.3 Å². The fourth-order valence-electron chi connectivity index (χ4n) is 3.46. The molecule has 30 heavy (non-hydrogen) atoms. The van der Waals surface area contributed by atoms with E-state index in [9.17, 15) is 8.42 Å². The number of likely N-dealkylation sites (N-methyl/N-ethyl adjacent to an activating group) is 1. The number of aliphatic imine (C=N–C) groups is 1. The molecule has 1 heterocycles. The summed E-state index contributed by atoms with van der Waals surface area (Å²) in [6.07, 6.45) is 1.83. The van der Waals surface area contributed by atoms with Crippen molar-refractivity contribution in [2.45, 2.75) is 46.3 Å². The molecule has 0 saturated carbocycles. The van der Waals surface area contributed by atoms with E-state index >= 15 is 0 Å².